The Balaban J connectivity index is 2.03. The van der Waals surface area contributed by atoms with E-state index < -0.39 is 12.1 Å². The maximum absolute atomic E-state index is 12.2. The Hall–Kier alpha value is -1.47. The zero-order chi connectivity index (χ0) is 13.1. The van der Waals surface area contributed by atoms with Crippen molar-refractivity contribution in [3.8, 4) is 0 Å². The number of amides is 1. The van der Waals surface area contributed by atoms with E-state index in [4.69, 9.17) is 9.84 Å². The minimum Gasteiger partial charge on any atom is -0.481 e. The van der Waals surface area contributed by atoms with Gasteiger partial charge in [0.25, 0.3) is 5.91 Å². The number of aliphatic carboxylic acids is 1. The average molecular weight is 270 g/mol. The number of hydrogen-bond donors (Lipinski definition) is 1. The second-order valence-corrected chi connectivity index (χ2v) is 4.78. The van der Waals surface area contributed by atoms with Crippen molar-refractivity contribution in [2.24, 2.45) is 0 Å². The van der Waals surface area contributed by atoms with Crippen LogP contribution in [-0.2, 0) is 9.53 Å². The lowest BCUT2D eigenvalue weighted by atomic mass is 10.1. The molecule has 2 heterocycles. The topological polar surface area (TPSA) is 79.7 Å². The van der Waals surface area contributed by atoms with Gasteiger partial charge in [-0.3, -0.25) is 9.59 Å². The molecular weight excluding hydrogens is 256 g/mol. The summed E-state index contributed by atoms with van der Waals surface area (Å²) >= 11 is 1.25. The van der Waals surface area contributed by atoms with E-state index >= 15 is 0 Å². The number of nitrogens with zero attached hydrogens (tertiary/aromatic N) is 2. The molecule has 18 heavy (non-hydrogen) atoms. The van der Waals surface area contributed by atoms with Gasteiger partial charge in [-0.1, -0.05) is 0 Å². The summed E-state index contributed by atoms with van der Waals surface area (Å²) in [5.41, 5.74) is 1.31. The number of aryl methyl sites for hydroxylation is 1. The number of hydrogen-bond acceptors (Lipinski definition) is 5. The molecule has 1 saturated heterocycles. The van der Waals surface area contributed by atoms with Gasteiger partial charge in [0.05, 0.1) is 30.4 Å². The second kappa shape index (κ2) is 5.45. The number of carboxylic acids is 1. The highest BCUT2D eigenvalue weighted by molar-refractivity contribution is 7.03. The minimum absolute atomic E-state index is 0.0787. The van der Waals surface area contributed by atoms with Crippen molar-refractivity contribution in [1.82, 2.24) is 9.27 Å². The summed E-state index contributed by atoms with van der Waals surface area (Å²) in [5.74, 6) is -1.01. The lowest BCUT2D eigenvalue weighted by Crippen LogP contribution is -2.46. The number of carbonyl (C=O) groups is 2. The molecule has 0 spiro atoms. The monoisotopic (exact) mass is 270 g/mol. The zero-order valence-corrected chi connectivity index (χ0v) is 10.8. The molecule has 0 aliphatic carbocycles. The van der Waals surface area contributed by atoms with Crippen LogP contribution in [0.25, 0.3) is 0 Å². The van der Waals surface area contributed by atoms with Crippen molar-refractivity contribution in [3.63, 3.8) is 0 Å². The summed E-state index contributed by atoms with van der Waals surface area (Å²) in [5, 5.41) is 10.4. The van der Waals surface area contributed by atoms with Crippen molar-refractivity contribution < 1.29 is 19.4 Å². The number of carboxylic acid groups (broad SMARTS) is 1. The van der Waals surface area contributed by atoms with E-state index in [9.17, 15) is 9.59 Å². The fraction of sp³-hybridized carbons (Fsp3) is 0.545. The van der Waals surface area contributed by atoms with E-state index in [0.29, 0.717) is 31.0 Å². The van der Waals surface area contributed by atoms with Gasteiger partial charge >= 0.3 is 5.97 Å². The van der Waals surface area contributed by atoms with Gasteiger partial charge < -0.3 is 14.7 Å². The van der Waals surface area contributed by atoms with Crippen LogP contribution in [0.5, 0.6) is 0 Å². The summed E-state index contributed by atoms with van der Waals surface area (Å²) in [6.07, 6.45) is -0.503. The van der Waals surface area contributed by atoms with E-state index in [1.807, 2.05) is 0 Å². The fourth-order valence-electron chi connectivity index (χ4n) is 1.89. The predicted octanol–water partition coefficient (Wildman–Crippen LogP) is 0.767. The van der Waals surface area contributed by atoms with E-state index in [-0.39, 0.29) is 12.3 Å². The van der Waals surface area contributed by atoms with Crippen LogP contribution in [0, 0.1) is 6.92 Å². The fourth-order valence-corrected chi connectivity index (χ4v) is 2.58. The van der Waals surface area contributed by atoms with Gasteiger partial charge in [0.15, 0.2) is 0 Å². The van der Waals surface area contributed by atoms with Crippen molar-refractivity contribution in [2.45, 2.75) is 19.4 Å². The molecule has 0 aromatic carbocycles. The van der Waals surface area contributed by atoms with E-state index in [1.165, 1.54) is 11.5 Å². The van der Waals surface area contributed by atoms with Gasteiger partial charge in [0.1, 0.15) is 0 Å². The van der Waals surface area contributed by atoms with Crippen molar-refractivity contribution >= 4 is 23.4 Å². The molecule has 1 unspecified atom stereocenters. The third-order valence-corrected chi connectivity index (χ3v) is 3.53. The second-order valence-electron chi connectivity index (χ2n) is 4.16. The zero-order valence-electron chi connectivity index (χ0n) is 9.96. The summed E-state index contributed by atoms with van der Waals surface area (Å²) in [6.45, 7) is 2.98. The molecule has 0 bridgehead atoms. The summed E-state index contributed by atoms with van der Waals surface area (Å²) in [7, 11) is 0. The summed E-state index contributed by atoms with van der Waals surface area (Å²) in [6, 6.07) is 0. The molecule has 1 aliphatic heterocycles. The van der Waals surface area contributed by atoms with Gasteiger partial charge in [-0.2, -0.15) is 4.37 Å². The molecule has 1 amide bonds. The number of ether oxygens (including phenoxy) is 1. The van der Waals surface area contributed by atoms with Gasteiger partial charge in [-0.25, -0.2) is 0 Å². The van der Waals surface area contributed by atoms with Crippen molar-refractivity contribution in [2.75, 3.05) is 19.7 Å². The maximum atomic E-state index is 12.2. The Kier molecular flexibility index (Phi) is 3.93. The van der Waals surface area contributed by atoms with Gasteiger partial charge in [0, 0.05) is 18.5 Å². The standard InChI is InChI=1S/C11H14N2O4S/c1-7-9(6-18-12-7)11(16)13-2-3-17-8(5-13)4-10(14)15/h6,8H,2-5H2,1H3,(H,14,15). The highest BCUT2D eigenvalue weighted by atomic mass is 32.1. The molecule has 1 N–H and O–H groups in total. The quantitative estimate of drug-likeness (QED) is 0.877. The summed E-state index contributed by atoms with van der Waals surface area (Å²) in [4.78, 5) is 24.5. The van der Waals surface area contributed by atoms with Crippen LogP contribution in [0.15, 0.2) is 5.38 Å². The van der Waals surface area contributed by atoms with Crippen molar-refractivity contribution in [1.29, 1.82) is 0 Å². The molecule has 0 radical (unpaired) electrons. The molecule has 1 aliphatic rings. The number of aromatic nitrogens is 1. The van der Waals surface area contributed by atoms with Crippen LogP contribution in [0.4, 0.5) is 0 Å². The van der Waals surface area contributed by atoms with Gasteiger partial charge in [0.2, 0.25) is 0 Å². The minimum atomic E-state index is -0.914. The van der Waals surface area contributed by atoms with Crippen molar-refractivity contribution in [3.05, 3.63) is 16.6 Å². The largest absolute Gasteiger partial charge is 0.481 e. The Bertz CT molecular complexity index is 460. The first-order valence-corrected chi connectivity index (χ1v) is 6.45. The average Bonchev–Trinajstić information content (AvgIpc) is 2.74. The highest BCUT2D eigenvalue weighted by Gasteiger charge is 2.27. The maximum Gasteiger partial charge on any atom is 0.306 e. The molecule has 1 aromatic rings. The molecule has 6 nitrogen and oxygen atoms in total. The van der Waals surface area contributed by atoms with Crippen LogP contribution in [0.3, 0.4) is 0 Å². The Morgan fingerprint density at radius 2 is 2.44 bits per heavy atom. The Morgan fingerprint density at radius 3 is 3.06 bits per heavy atom. The normalized spacial score (nSPS) is 19.8. The van der Waals surface area contributed by atoms with Crippen LogP contribution in [-0.4, -0.2) is 52.1 Å². The molecule has 2 rings (SSSR count). The van der Waals surface area contributed by atoms with Gasteiger partial charge in [-0.05, 0) is 18.5 Å². The van der Waals surface area contributed by atoms with Crippen LogP contribution >= 0.6 is 11.5 Å². The van der Waals surface area contributed by atoms with Crippen LogP contribution in [0.1, 0.15) is 22.5 Å². The lowest BCUT2D eigenvalue weighted by Gasteiger charge is -2.32. The van der Waals surface area contributed by atoms with Gasteiger partial charge in [-0.15, -0.1) is 0 Å². The predicted molar refractivity (Wildman–Crippen MR) is 64.7 cm³/mol. The molecular formula is C11H14N2O4S. The molecule has 0 saturated carbocycles. The highest BCUT2D eigenvalue weighted by Crippen LogP contribution is 2.16. The number of rotatable bonds is 3. The SMILES string of the molecule is Cc1nscc1C(=O)N1CCOC(CC(=O)O)C1. The first-order chi connectivity index (χ1) is 8.58. The first kappa shape index (κ1) is 13.0. The van der Waals surface area contributed by atoms with Crippen LogP contribution in [0.2, 0.25) is 0 Å². The van der Waals surface area contributed by atoms with Crippen LogP contribution < -0.4 is 0 Å². The van der Waals surface area contributed by atoms with E-state index in [2.05, 4.69) is 4.37 Å². The number of carbonyl (C=O) groups excluding carboxylic acids is 1. The third kappa shape index (κ3) is 2.85. The van der Waals surface area contributed by atoms with E-state index in [1.54, 1.807) is 17.2 Å². The molecule has 1 atom stereocenters. The molecule has 98 valence electrons. The molecule has 1 fully saturated rings. The molecule has 1 aromatic heterocycles. The number of morpholine rings is 1. The van der Waals surface area contributed by atoms with E-state index in [0.717, 1.165) is 0 Å². The Morgan fingerprint density at radius 1 is 1.67 bits per heavy atom. The molecule has 7 heteroatoms. The smallest absolute Gasteiger partial charge is 0.306 e. The first-order valence-electron chi connectivity index (χ1n) is 5.61. The summed E-state index contributed by atoms with van der Waals surface area (Å²) < 4.78 is 9.40. The lowest BCUT2D eigenvalue weighted by molar-refractivity contribution is -0.141. The third-order valence-electron chi connectivity index (χ3n) is 2.81. The Labute approximate surface area is 108 Å².